The van der Waals surface area contributed by atoms with Gasteiger partial charge in [0.05, 0.1) is 34.6 Å². The van der Waals surface area contributed by atoms with E-state index in [0.29, 0.717) is 10.9 Å². The van der Waals surface area contributed by atoms with Crippen molar-refractivity contribution < 1.29 is 4.79 Å². The Morgan fingerprint density at radius 1 is 1.04 bits per heavy atom. The molecule has 1 amide bonds. The molecule has 7 nitrogen and oxygen atoms in total. The molecule has 0 spiro atoms. The van der Waals surface area contributed by atoms with Crippen LogP contribution in [0, 0.1) is 0 Å². The normalized spacial score (nSPS) is 14.6. The second-order valence-corrected chi connectivity index (χ2v) is 7.12. The van der Waals surface area contributed by atoms with Gasteiger partial charge in [-0.05, 0) is 43.5 Å². The molecule has 0 aliphatic carbocycles. The molecule has 1 aromatic carbocycles. The highest BCUT2D eigenvalue weighted by Gasteiger charge is 2.22. The molecule has 4 aromatic rings. The first kappa shape index (κ1) is 16.7. The summed E-state index contributed by atoms with van der Waals surface area (Å²) in [6.45, 7) is 1.62. The molecular weight excluding hydrogens is 354 g/mol. The molecule has 1 saturated heterocycles. The number of nitrogens with zero attached hydrogens (tertiary/aromatic N) is 4. The number of amides is 1. The average Bonchev–Trinajstić information content (AvgIpc) is 3.18. The van der Waals surface area contributed by atoms with E-state index >= 15 is 0 Å². The maximum absolute atomic E-state index is 13.0. The van der Waals surface area contributed by atoms with Crippen LogP contribution in [0.25, 0.3) is 27.5 Å². The first-order valence-corrected chi connectivity index (χ1v) is 9.46. The molecule has 0 radical (unpaired) electrons. The van der Waals surface area contributed by atoms with Gasteiger partial charge in [-0.1, -0.05) is 12.1 Å². The van der Waals surface area contributed by atoms with Crippen molar-refractivity contribution in [3.05, 3.63) is 64.7 Å². The van der Waals surface area contributed by atoms with Gasteiger partial charge in [0, 0.05) is 24.0 Å². The number of hydrogen-bond donors (Lipinski definition) is 1. The third kappa shape index (κ3) is 2.67. The summed E-state index contributed by atoms with van der Waals surface area (Å²) in [5.41, 5.74) is 2.97. The number of aromatic amines is 1. The van der Waals surface area contributed by atoms with Crippen molar-refractivity contribution in [3.63, 3.8) is 0 Å². The lowest BCUT2D eigenvalue weighted by Crippen LogP contribution is -2.35. The number of carbonyl (C=O) groups is 1. The molecule has 1 fully saturated rings. The molecule has 4 heterocycles. The fourth-order valence-corrected chi connectivity index (χ4v) is 3.92. The van der Waals surface area contributed by atoms with Gasteiger partial charge >= 0.3 is 0 Å². The predicted octanol–water partition coefficient (Wildman–Crippen LogP) is 2.86. The van der Waals surface area contributed by atoms with Crippen LogP contribution in [-0.2, 0) is 0 Å². The first-order valence-electron chi connectivity index (χ1n) is 9.46. The van der Waals surface area contributed by atoms with Crippen LogP contribution in [0.2, 0.25) is 0 Å². The largest absolute Gasteiger partial charge is 0.339 e. The Balaban J connectivity index is 1.61. The van der Waals surface area contributed by atoms with Gasteiger partial charge in [0.1, 0.15) is 0 Å². The van der Waals surface area contributed by atoms with E-state index < -0.39 is 0 Å². The van der Waals surface area contributed by atoms with Crippen molar-refractivity contribution >= 4 is 22.2 Å². The van der Waals surface area contributed by atoms with Crippen molar-refractivity contribution in [2.75, 3.05) is 13.1 Å². The third-order valence-corrected chi connectivity index (χ3v) is 5.38. The highest BCUT2D eigenvalue weighted by Crippen LogP contribution is 2.25. The number of rotatable bonds is 2. The Morgan fingerprint density at radius 3 is 2.75 bits per heavy atom. The quantitative estimate of drug-likeness (QED) is 0.586. The fraction of sp³-hybridized carbons (Fsp3) is 0.238. The van der Waals surface area contributed by atoms with Gasteiger partial charge in [-0.2, -0.15) is 10.2 Å². The lowest BCUT2D eigenvalue weighted by molar-refractivity contribution is 0.0726. The monoisotopic (exact) mass is 373 g/mol. The number of aromatic nitrogens is 4. The zero-order valence-corrected chi connectivity index (χ0v) is 15.3. The van der Waals surface area contributed by atoms with Gasteiger partial charge in [0.15, 0.2) is 0 Å². The second kappa shape index (κ2) is 6.60. The molecule has 0 saturated carbocycles. The molecule has 28 heavy (non-hydrogen) atoms. The number of H-pyrrole nitrogens is 1. The molecule has 3 aromatic heterocycles. The Bertz CT molecular complexity index is 1250. The molecule has 0 atom stereocenters. The van der Waals surface area contributed by atoms with Crippen LogP contribution < -0.4 is 5.56 Å². The first-order chi connectivity index (χ1) is 13.7. The SMILES string of the molecule is O=C(c1cnn2c(-c3ccc4c(=O)[nH]ncc4c3)cccc12)N1CCCCC1. The summed E-state index contributed by atoms with van der Waals surface area (Å²) in [6.07, 6.45) is 6.58. The van der Waals surface area contributed by atoms with Crippen LogP contribution in [0.4, 0.5) is 0 Å². The van der Waals surface area contributed by atoms with Crippen molar-refractivity contribution in [1.29, 1.82) is 0 Å². The smallest absolute Gasteiger partial charge is 0.272 e. The van der Waals surface area contributed by atoms with Crippen LogP contribution in [-0.4, -0.2) is 43.7 Å². The number of piperidine rings is 1. The Labute approximate surface area is 160 Å². The minimum Gasteiger partial charge on any atom is -0.339 e. The Kier molecular flexibility index (Phi) is 3.93. The van der Waals surface area contributed by atoms with E-state index in [-0.39, 0.29) is 11.5 Å². The number of benzene rings is 1. The predicted molar refractivity (Wildman–Crippen MR) is 106 cm³/mol. The molecule has 0 bridgehead atoms. The van der Waals surface area contributed by atoms with E-state index in [9.17, 15) is 9.59 Å². The maximum Gasteiger partial charge on any atom is 0.272 e. The second-order valence-electron chi connectivity index (χ2n) is 7.12. The summed E-state index contributed by atoms with van der Waals surface area (Å²) in [6, 6.07) is 11.4. The number of nitrogens with one attached hydrogen (secondary N) is 1. The maximum atomic E-state index is 13.0. The van der Waals surface area contributed by atoms with Crippen molar-refractivity contribution in [3.8, 4) is 11.3 Å². The molecule has 1 N–H and O–H groups in total. The number of likely N-dealkylation sites (tertiary alicyclic amines) is 1. The fourth-order valence-electron chi connectivity index (χ4n) is 3.92. The van der Waals surface area contributed by atoms with E-state index in [0.717, 1.165) is 48.1 Å². The molecule has 140 valence electrons. The van der Waals surface area contributed by atoms with Crippen LogP contribution in [0.5, 0.6) is 0 Å². The van der Waals surface area contributed by atoms with E-state index in [1.54, 1.807) is 23.0 Å². The number of hydrogen-bond acceptors (Lipinski definition) is 4. The molecular formula is C21H19N5O2. The van der Waals surface area contributed by atoms with Gasteiger partial charge in [0.25, 0.3) is 11.5 Å². The number of pyridine rings is 1. The highest BCUT2D eigenvalue weighted by atomic mass is 16.2. The number of carbonyl (C=O) groups excluding carboxylic acids is 1. The van der Waals surface area contributed by atoms with Gasteiger partial charge in [-0.25, -0.2) is 9.61 Å². The average molecular weight is 373 g/mol. The summed E-state index contributed by atoms with van der Waals surface area (Å²) in [5, 5.41) is 12.2. The minimum atomic E-state index is -0.212. The summed E-state index contributed by atoms with van der Waals surface area (Å²) in [5.74, 6) is 0.0427. The Hall–Kier alpha value is -3.48. The topological polar surface area (TPSA) is 83.4 Å². The lowest BCUT2D eigenvalue weighted by Gasteiger charge is -2.26. The van der Waals surface area contributed by atoms with Crippen LogP contribution in [0.15, 0.2) is 53.6 Å². The van der Waals surface area contributed by atoms with Gasteiger partial charge in [-0.15, -0.1) is 0 Å². The van der Waals surface area contributed by atoms with E-state index in [1.165, 1.54) is 6.42 Å². The molecule has 7 heteroatoms. The zero-order chi connectivity index (χ0) is 19.1. The van der Waals surface area contributed by atoms with Gasteiger partial charge in [-0.3, -0.25) is 9.59 Å². The van der Waals surface area contributed by atoms with Gasteiger partial charge in [0.2, 0.25) is 0 Å². The molecule has 0 unspecified atom stereocenters. The standard InChI is InChI=1S/C21H19N5O2/c27-20-16-8-7-14(11-15(16)12-22-24-20)18-5-4-6-19-17(13-23-26(18)19)21(28)25-9-2-1-3-10-25/h4-8,11-13H,1-3,9-10H2,(H,24,27). The van der Waals surface area contributed by atoms with Crippen LogP contribution in [0.3, 0.4) is 0 Å². The lowest BCUT2D eigenvalue weighted by atomic mass is 10.1. The van der Waals surface area contributed by atoms with Gasteiger partial charge < -0.3 is 4.90 Å². The van der Waals surface area contributed by atoms with Crippen molar-refractivity contribution in [2.45, 2.75) is 19.3 Å². The summed E-state index contributed by atoms with van der Waals surface area (Å²) in [7, 11) is 0. The van der Waals surface area contributed by atoms with E-state index in [2.05, 4.69) is 15.3 Å². The molecule has 1 aliphatic rings. The minimum absolute atomic E-state index is 0.0427. The molecule has 5 rings (SSSR count). The van der Waals surface area contributed by atoms with Crippen LogP contribution in [0.1, 0.15) is 29.6 Å². The summed E-state index contributed by atoms with van der Waals surface area (Å²) >= 11 is 0. The zero-order valence-electron chi connectivity index (χ0n) is 15.3. The third-order valence-electron chi connectivity index (χ3n) is 5.38. The molecule has 1 aliphatic heterocycles. The van der Waals surface area contributed by atoms with E-state index in [1.807, 2.05) is 35.2 Å². The van der Waals surface area contributed by atoms with Crippen LogP contribution >= 0.6 is 0 Å². The Morgan fingerprint density at radius 2 is 1.89 bits per heavy atom. The summed E-state index contributed by atoms with van der Waals surface area (Å²) < 4.78 is 1.79. The highest BCUT2D eigenvalue weighted by molar-refractivity contribution is 6.01. The summed E-state index contributed by atoms with van der Waals surface area (Å²) in [4.78, 5) is 26.8. The van der Waals surface area contributed by atoms with E-state index in [4.69, 9.17) is 0 Å². The van der Waals surface area contributed by atoms with Crippen molar-refractivity contribution in [2.24, 2.45) is 0 Å². The number of fused-ring (bicyclic) bond motifs is 2. The van der Waals surface area contributed by atoms with Crippen molar-refractivity contribution in [1.82, 2.24) is 24.7 Å².